The van der Waals surface area contributed by atoms with Gasteiger partial charge in [0.05, 0.1) is 11.6 Å². The Bertz CT molecular complexity index is 413. The van der Waals surface area contributed by atoms with Crippen LogP contribution in [0.1, 0.15) is 12.5 Å². The lowest BCUT2D eigenvalue weighted by Crippen LogP contribution is -2.01. The van der Waals surface area contributed by atoms with Crippen molar-refractivity contribution in [3.63, 3.8) is 0 Å². The van der Waals surface area contributed by atoms with Crippen molar-refractivity contribution in [3.05, 3.63) is 40.9 Å². The first kappa shape index (κ1) is 13.6. The van der Waals surface area contributed by atoms with Gasteiger partial charge in [-0.05, 0) is 37.6 Å². The Labute approximate surface area is 106 Å². The summed E-state index contributed by atoms with van der Waals surface area (Å²) in [6.07, 6.45) is 2.93. The zero-order valence-corrected chi connectivity index (χ0v) is 10.7. The third-order valence-electron chi connectivity index (χ3n) is 1.96. The minimum atomic E-state index is -0.369. The summed E-state index contributed by atoms with van der Waals surface area (Å²) in [5.74, 6) is 0.233. The summed E-state index contributed by atoms with van der Waals surface area (Å²) in [5.41, 5.74) is 1.07. The first-order valence-electron chi connectivity index (χ1n) is 5.35. The minimum Gasteiger partial charge on any atom is -0.488 e. The summed E-state index contributed by atoms with van der Waals surface area (Å²) in [7, 11) is 0. The fourth-order valence-electron chi connectivity index (χ4n) is 1.20. The number of halogens is 1. The van der Waals surface area contributed by atoms with Crippen molar-refractivity contribution in [3.8, 4) is 5.75 Å². The normalized spacial score (nSPS) is 10.5. The molecule has 1 aromatic rings. The third kappa shape index (κ3) is 4.91. The molecule has 0 saturated carbocycles. The summed E-state index contributed by atoms with van der Waals surface area (Å²) in [6.45, 7) is 4.36. The molecule has 0 saturated heterocycles. The van der Waals surface area contributed by atoms with E-state index in [0.717, 1.165) is 5.56 Å². The van der Waals surface area contributed by atoms with Crippen LogP contribution in [0.15, 0.2) is 30.4 Å². The van der Waals surface area contributed by atoms with Gasteiger partial charge in [0.25, 0.3) is 0 Å². The van der Waals surface area contributed by atoms with Gasteiger partial charge in [-0.15, -0.1) is 0 Å². The molecule has 1 rings (SSSR count). The van der Waals surface area contributed by atoms with Crippen LogP contribution in [0.4, 0.5) is 0 Å². The molecule has 0 spiro atoms. The molecule has 0 heterocycles. The van der Waals surface area contributed by atoms with E-state index in [0.29, 0.717) is 17.4 Å². The number of aryl methyl sites for hydroxylation is 1. The lowest BCUT2D eigenvalue weighted by Gasteiger charge is -2.05. The summed E-state index contributed by atoms with van der Waals surface area (Å²) < 4.78 is 10.1. The zero-order chi connectivity index (χ0) is 12.7. The van der Waals surface area contributed by atoms with E-state index in [1.54, 1.807) is 19.1 Å². The molecule has 0 aromatic heterocycles. The van der Waals surface area contributed by atoms with Gasteiger partial charge in [0.15, 0.2) is 0 Å². The molecule has 0 N–H and O–H groups in total. The second-order valence-electron chi connectivity index (χ2n) is 3.40. The number of benzene rings is 1. The predicted octanol–water partition coefficient (Wildman–Crippen LogP) is 3.15. The Morgan fingerprint density at radius 2 is 2.24 bits per heavy atom. The molecule has 0 amide bonds. The Hall–Kier alpha value is -1.48. The van der Waals surface area contributed by atoms with Gasteiger partial charge in [0.2, 0.25) is 0 Å². The zero-order valence-electron chi connectivity index (χ0n) is 9.90. The van der Waals surface area contributed by atoms with Crippen LogP contribution in [0.5, 0.6) is 5.75 Å². The molecule has 0 fully saturated rings. The monoisotopic (exact) mass is 254 g/mol. The van der Waals surface area contributed by atoms with Crippen molar-refractivity contribution in [2.24, 2.45) is 0 Å². The number of ether oxygens (including phenoxy) is 2. The molecular weight excluding hydrogens is 240 g/mol. The van der Waals surface area contributed by atoms with Gasteiger partial charge in [-0.3, -0.25) is 0 Å². The van der Waals surface area contributed by atoms with Crippen LogP contribution >= 0.6 is 11.6 Å². The highest BCUT2D eigenvalue weighted by Gasteiger charge is 2.00. The Balaban J connectivity index is 2.43. The molecule has 0 bridgehead atoms. The third-order valence-corrected chi connectivity index (χ3v) is 2.26. The van der Waals surface area contributed by atoms with Crippen molar-refractivity contribution in [2.75, 3.05) is 13.2 Å². The second-order valence-corrected chi connectivity index (χ2v) is 3.81. The van der Waals surface area contributed by atoms with E-state index in [1.807, 2.05) is 19.1 Å². The van der Waals surface area contributed by atoms with Gasteiger partial charge >= 0.3 is 5.97 Å². The first-order valence-corrected chi connectivity index (χ1v) is 5.73. The second kappa shape index (κ2) is 6.97. The SMILES string of the molecule is CCOC(=O)/C=C/COc1ccc(C)cc1Cl. The number of carbonyl (C=O) groups is 1. The Morgan fingerprint density at radius 1 is 1.47 bits per heavy atom. The molecule has 3 nitrogen and oxygen atoms in total. The maximum atomic E-state index is 11.0. The van der Waals surface area contributed by atoms with E-state index in [2.05, 4.69) is 0 Å². The molecular formula is C13H15ClO3. The number of hydrogen-bond acceptors (Lipinski definition) is 3. The fraction of sp³-hybridized carbons (Fsp3) is 0.308. The predicted molar refractivity (Wildman–Crippen MR) is 67.5 cm³/mol. The summed E-state index contributed by atoms with van der Waals surface area (Å²) >= 11 is 5.98. The Morgan fingerprint density at radius 3 is 2.88 bits per heavy atom. The van der Waals surface area contributed by atoms with Gasteiger partial charge in [-0.25, -0.2) is 4.79 Å². The van der Waals surface area contributed by atoms with Gasteiger partial charge in [0.1, 0.15) is 12.4 Å². The number of carbonyl (C=O) groups excluding carboxylic acids is 1. The molecule has 17 heavy (non-hydrogen) atoms. The number of rotatable bonds is 5. The molecule has 92 valence electrons. The highest BCUT2D eigenvalue weighted by atomic mass is 35.5. The summed E-state index contributed by atoms with van der Waals surface area (Å²) in [5, 5.41) is 0.564. The van der Waals surface area contributed by atoms with Crippen LogP contribution in [0.25, 0.3) is 0 Å². The molecule has 0 aliphatic rings. The fourth-order valence-corrected chi connectivity index (χ4v) is 1.49. The minimum absolute atomic E-state index is 0.279. The van der Waals surface area contributed by atoms with E-state index in [4.69, 9.17) is 21.1 Å². The average molecular weight is 255 g/mol. The van der Waals surface area contributed by atoms with E-state index in [1.165, 1.54) is 6.08 Å². The quantitative estimate of drug-likeness (QED) is 0.598. The lowest BCUT2D eigenvalue weighted by molar-refractivity contribution is -0.137. The van der Waals surface area contributed by atoms with Gasteiger partial charge in [-0.1, -0.05) is 17.7 Å². The van der Waals surface area contributed by atoms with E-state index in [-0.39, 0.29) is 12.6 Å². The summed E-state index contributed by atoms with van der Waals surface area (Å²) in [4.78, 5) is 11.0. The topological polar surface area (TPSA) is 35.5 Å². The maximum absolute atomic E-state index is 11.0. The molecule has 0 atom stereocenters. The summed E-state index contributed by atoms with van der Waals surface area (Å²) in [6, 6.07) is 5.54. The van der Waals surface area contributed by atoms with Crippen LogP contribution in [0, 0.1) is 6.92 Å². The molecule has 0 radical (unpaired) electrons. The standard InChI is InChI=1S/C13H15ClO3/c1-3-16-13(15)5-4-8-17-12-7-6-10(2)9-11(12)14/h4-7,9H,3,8H2,1-2H3/b5-4+. The van der Waals surface area contributed by atoms with Crippen molar-refractivity contribution < 1.29 is 14.3 Å². The molecule has 0 aliphatic heterocycles. The van der Waals surface area contributed by atoms with Crippen LogP contribution in [-0.4, -0.2) is 19.2 Å². The van der Waals surface area contributed by atoms with Crippen molar-refractivity contribution >= 4 is 17.6 Å². The highest BCUT2D eigenvalue weighted by Crippen LogP contribution is 2.24. The molecule has 4 heteroatoms. The van der Waals surface area contributed by atoms with Gasteiger partial charge in [-0.2, -0.15) is 0 Å². The molecule has 0 unspecified atom stereocenters. The largest absolute Gasteiger partial charge is 0.488 e. The lowest BCUT2D eigenvalue weighted by atomic mass is 10.2. The Kier molecular flexibility index (Phi) is 5.57. The maximum Gasteiger partial charge on any atom is 0.330 e. The van der Waals surface area contributed by atoms with Crippen molar-refractivity contribution in [1.82, 2.24) is 0 Å². The highest BCUT2D eigenvalue weighted by molar-refractivity contribution is 6.32. The van der Waals surface area contributed by atoms with E-state index in [9.17, 15) is 4.79 Å². The average Bonchev–Trinajstić information content (AvgIpc) is 2.27. The van der Waals surface area contributed by atoms with Gasteiger partial charge in [0, 0.05) is 6.08 Å². The van der Waals surface area contributed by atoms with Crippen molar-refractivity contribution in [1.29, 1.82) is 0 Å². The van der Waals surface area contributed by atoms with E-state index >= 15 is 0 Å². The van der Waals surface area contributed by atoms with Crippen molar-refractivity contribution in [2.45, 2.75) is 13.8 Å². The van der Waals surface area contributed by atoms with Gasteiger partial charge < -0.3 is 9.47 Å². The van der Waals surface area contributed by atoms with Crippen LogP contribution < -0.4 is 4.74 Å². The first-order chi connectivity index (χ1) is 8.13. The molecule has 1 aromatic carbocycles. The van der Waals surface area contributed by atoms with Crippen LogP contribution in [0.2, 0.25) is 5.02 Å². The van der Waals surface area contributed by atoms with Crippen LogP contribution in [0.3, 0.4) is 0 Å². The van der Waals surface area contributed by atoms with E-state index < -0.39 is 0 Å². The number of hydrogen-bond donors (Lipinski definition) is 0. The number of esters is 1. The molecule has 0 aliphatic carbocycles. The smallest absolute Gasteiger partial charge is 0.330 e. The van der Waals surface area contributed by atoms with Crippen LogP contribution in [-0.2, 0) is 9.53 Å².